The summed E-state index contributed by atoms with van der Waals surface area (Å²) in [5.41, 5.74) is 1.35. The smallest absolute Gasteiger partial charge is 0.227 e. The van der Waals surface area contributed by atoms with E-state index >= 15 is 0 Å². The summed E-state index contributed by atoms with van der Waals surface area (Å²) in [6.07, 6.45) is 8.54. The van der Waals surface area contributed by atoms with Crippen molar-refractivity contribution >= 4 is 5.91 Å². The predicted octanol–water partition coefficient (Wildman–Crippen LogP) is 3.55. The van der Waals surface area contributed by atoms with Crippen molar-refractivity contribution in [3.05, 3.63) is 35.9 Å². The van der Waals surface area contributed by atoms with Crippen LogP contribution in [0, 0.1) is 23.7 Å². The number of carbonyl (C=O) groups is 1. The number of amides is 1. The Kier molecular flexibility index (Phi) is 6.69. The Morgan fingerprint density at radius 3 is 2.54 bits per heavy atom. The number of nitrogens with zero attached hydrogens (tertiary/aromatic N) is 2. The molecule has 1 unspecified atom stereocenters. The minimum absolute atomic E-state index is 0.166. The molecule has 1 aliphatic carbocycles. The fraction of sp³-hybridized carbons (Fsp3) is 0.708. The van der Waals surface area contributed by atoms with Crippen molar-refractivity contribution in [2.24, 2.45) is 23.7 Å². The quantitative estimate of drug-likeness (QED) is 0.816. The van der Waals surface area contributed by atoms with Gasteiger partial charge >= 0.3 is 0 Å². The van der Waals surface area contributed by atoms with E-state index in [0.717, 1.165) is 51.5 Å². The molecule has 0 radical (unpaired) electrons. The zero-order valence-corrected chi connectivity index (χ0v) is 17.1. The number of benzene rings is 1. The lowest BCUT2D eigenvalue weighted by Gasteiger charge is -2.32. The zero-order valence-electron chi connectivity index (χ0n) is 17.1. The summed E-state index contributed by atoms with van der Waals surface area (Å²) in [7, 11) is 0. The maximum atomic E-state index is 13.5. The maximum absolute atomic E-state index is 13.5. The highest BCUT2D eigenvalue weighted by molar-refractivity contribution is 5.80. The van der Waals surface area contributed by atoms with Crippen LogP contribution in [0.3, 0.4) is 0 Å². The highest BCUT2D eigenvalue weighted by Crippen LogP contribution is 2.40. The van der Waals surface area contributed by atoms with Crippen molar-refractivity contribution < 1.29 is 9.90 Å². The van der Waals surface area contributed by atoms with Crippen LogP contribution in [0.5, 0.6) is 0 Å². The van der Waals surface area contributed by atoms with E-state index in [1.54, 1.807) is 0 Å². The third-order valence-electron chi connectivity index (χ3n) is 7.40. The lowest BCUT2D eigenvalue weighted by atomic mass is 9.75. The Labute approximate surface area is 169 Å². The summed E-state index contributed by atoms with van der Waals surface area (Å²) >= 11 is 0. The molecule has 1 N–H and O–H groups in total. The second kappa shape index (κ2) is 9.41. The molecule has 4 heteroatoms. The van der Waals surface area contributed by atoms with Crippen molar-refractivity contribution in [1.29, 1.82) is 0 Å². The number of likely N-dealkylation sites (tertiary alicyclic amines) is 2. The van der Waals surface area contributed by atoms with E-state index < -0.39 is 0 Å². The molecule has 0 bridgehead atoms. The predicted molar refractivity (Wildman–Crippen MR) is 112 cm³/mol. The molecule has 4 nitrogen and oxygen atoms in total. The lowest BCUT2D eigenvalue weighted by molar-refractivity contribution is -0.136. The molecule has 3 atom stereocenters. The Bertz CT molecular complexity index is 629. The summed E-state index contributed by atoms with van der Waals surface area (Å²) in [5, 5.41) is 9.24. The molecule has 1 amide bonds. The first-order valence-corrected chi connectivity index (χ1v) is 11.4. The first-order valence-electron chi connectivity index (χ1n) is 11.4. The first-order chi connectivity index (χ1) is 13.7. The molecule has 28 heavy (non-hydrogen) atoms. The van der Waals surface area contributed by atoms with Crippen LogP contribution >= 0.6 is 0 Å². The van der Waals surface area contributed by atoms with Gasteiger partial charge in [0.25, 0.3) is 0 Å². The van der Waals surface area contributed by atoms with E-state index in [0.29, 0.717) is 17.7 Å². The number of hydrogen-bond acceptors (Lipinski definition) is 3. The van der Waals surface area contributed by atoms with Gasteiger partial charge in [0.15, 0.2) is 0 Å². The van der Waals surface area contributed by atoms with E-state index in [-0.39, 0.29) is 12.5 Å². The molecule has 2 heterocycles. The first kappa shape index (κ1) is 19.9. The van der Waals surface area contributed by atoms with Crippen molar-refractivity contribution in [3.63, 3.8) is 0 Å². The summed E-state index contributed by atoms with van der Waals surface area (Å²) in [4.78, 5) is 18.1. The van der Waals surface area contributed by atoms with Gasteiger partial charge in [-0.1, -0.05) is 62.4 Å². The molecule has 0 spiro atoms. The number of aliphatic hydroxyl groups is 1. The van der Waals surface area contributed by atoms with Gasteiger partial charge in [-0.25, -0.2) is 0 Å². The molecular weight excluding hydrogens is 348 g/mol. The van der Waals surface area contributed by atoms with Gasteiger partial charge in [-0.3, -0.25) is 9.69 Å². The number of carbonyl (C=O) groups excluding carboxylic acids is 1. The van der Waals surface area contributed by atoms with Crippen LogP contribution < -0.4 is 0 Å². The molecule has 3 aliphatic rings. The van der Waals surface area contributed by atoms with Crippen molar-refractivity contribution in [1.82, 2.24) is 9.80 Å². The van der Waals surface area contributed by atoms with Gasteiger partial charge in [0, 0.05) is 39.3 Å². The number of hydrogen-bond donors (Lipinski definition) is 1. The van der Waals surface area contributed by atoms with Crippen LogP contribution in [-0.4, -0.2) is 53.6 Å². The van der Waals surface area contributed by atoms with Crippen molar-refractivity contribution in [2.75, 3.05) is 32.8 Å². The molecule has 2 saturated heterocycles. The van der Waals surface area contributed by atoms with E-state index in [2.05, 4.69) is 40.1 Å². The molecule has 1 aromatic rings. The average Bonchev–Trinajstić information content (AvgIpc) is 3.37. The van der Waals surface area contributed by atoms with Gasteiger partial charge in [-0.2, -0.15) is 0 Å². The van der Waals surface area contributed by atoms with Crippen LogP contribution in [0.15, 0.2) is 30.3 Å². The van der Waals surface area contributed by atoms with Gasteiger partial charge in [-0.05, 0) is 36.2 Å². The van der Waals surface area contributed by atoms with Crippen LogP contribution in [0.1, 0.15) is 50.5 Å². The highest BCUT2D eigenvalue weighted by atomic mass is 16.3. The summed E-state index contributed by atoms with van der Waals surface area (Å²) in [5.74, 6) is 2.29. The summed E-state index contributed by atoms with van der Waals surface area (Å²) < 4.78 is 0. The van der Waals surface area contributed by atoms with Crippen molar-refractivity contribution in [2.45, 2.75) is 51.5 Å². The molecule has 3 fully saturated rings. The van der Waals surface area contributed by atoms with Crippen LogP contribution in [0.4, 0.5) is 0 Å². The molecule has 1 saturated carbocycles. The minimum Gasteiger partial charge on any atom is -0.396 e. The Hall–Kier alpha value is -1.39. The SMILES string of the molecule is O=C([C@@H]1CN(Cc2ccccc2)C[C@H]1C1CCCCC1)N1CCC(CCO)C1. The molecule has 1 aromatic carbocycles. The van der Waals surface area contributed by atoms with E-state index in [4.69, 9.17) is 0 Å². The second-order valence-electron chi connectivity index (χ2n) is 9.30. The second-order valence-corrected chi connectivity index (χ2v) is 9.30. The van der Waals surface area contributed by atoms with Gasteiger partial charge in [0.05, 0.1) is 5.92 Å². The lowest BCUT2D eigenvalue weighted by Crippen LogP contribution is -2.40. The monoisotopic (exact) mass is 384 g/mol. The largest absolute Gasteiger partial charge is 0.396 e. The van der Waals surface area contributed by atoms with Crippen molar-refractivity contribution in [3.8, 4) is 0 Å². The Morgan fingerprint density at radius 1 is 1.00 bits per heavy atom. The van der Waals surface area contributed by atoms with Gasteiger partial charge in [-0.15, -0.1) is 0 Å². The van der Waals surface area contributed by atoms with Crippen LogP contribution in [-0.2, 0) is 11.3 Å². The number of rotatable bonds is 6. The highest BCUT2D eigenvalue weighted by Gasteiger charge is 2.44. The minimum atomic E-state index is 0.166. The third kappa shape index (κ3) is 4.60. The van der Waals surface area contributed by atoms with E-state index in [1.807, 2.05) is 0 Å². The molecule has 0 aromatic heterocycles. The molecular formula is C24H36N2O2. The van der Waals surface area contributed by atoms with Crippen LogP contribution in [0.25, 0.3) is 0 Å². The molecule has 2 aliphatic heterocycles. The Balaban J connectivity index is 1.45. The van der Waals surface area contributed by atoms with Gasteiger partial charge in [0.1, 0.15) is 0 Å². The fourth-order valence-corrected chi connectivity index (χ4v) is 5.87. The molecule has 4 rings (SSSR count). The topological polar surface area (TPSA) is 43.8 Å². The molecule has 154 valence electrons. The number of aliphatic hydroxyl groups excluding tert-OH is 1. The van der Waals surface area contributed by atoms with E-state index in [1.165, 1.54) is 37.7 Å². The third-order valence-corrected chi connectivity index (χ3v) is 7.40. The van der Waals surface area contributed by atoms with Crippen LogP contribution in [0.2, 0.25) is 0 Å². The van der Waals surface area contributed by atoms with Gasteiger partial charge in [0.2, 0.25) is 5.91 Å². The normalized spacial score (nSPS) is 29.5. The summed E-state index contributed by atoms with van der Waals surface area (Å²) in [6.45, 7) is 4.93. The fourth-order valence-electron chi connectivity index (χ4n) is 5.87. The standard InChI is InChI=1S/C24H36N2O2/c27-14-12-20-11-13-26(16-20)24(28)23-18-25(15-19-7-3-1-4-8-19)17-22(23)21-9-5-2-6-10-21/h1,3-4,7-8,20-23,27H,2,5-6,9-18H2/t20?,22-,23+/m0/s1. The van der Waals surface area contributed by atoms with Gasteiger partial charge < -0.3 is 10.0 Å². The average molecular weight is 385 g/mol. The Morgan fingerprint density at radius 2 is 1.79 bits per heavy atom. The maximum Gasteiger partial charge on any atom is 0.227 e. The van der Waals surface area contributed by atoms with E-state index in [9.17, 15) is 9.90 Å². The summed E-state index contributed by atoms with van der Waals surface area (Å²) in [6, 6.07) is 10.7. The zero-order chi connectivity index (χ0) is 19.3.